The summed E-state index contributed by atoms with van der Waals surface area (Å²) >= 11 is 0. The van der Waals surface area contributed by atoms with Crippen LogP contribution in [0.15, 0.2) is 22.6 Å². The monoisotopic (exact) mass is 246 g/mol. The Morgan fingerprint density at radius 3 is 2.61 bits per heavy atom. The van der Waals surface area contributed by atoms with E-state index in [0.717, 1.165) is 5.56 Å². The molecule has 0 radical (unpaired) electrons. The third-order valence-corrected chi connectivity index (χ3v) is 2.51. The summed E-state index contributed by atoms with van der Waals surface area (Å²) < 4.78 is 5.21. The number of benzene rings is 1. The highest BCUT2D eigenvalue weighted by molar-refractivity contribution is 6.03. The lowest BCUT2D eigenvalue weighted by Gasteiger charge is -2.06. The fraction of sp³-hybridized carbons (Fsp3) is 0.231. The lowest BCUT2D eigenvalue weighted by Crippen LogP contribution is -2.12. The highest BCUT2D eigenvalue weighted by Crippen LogP contribution is 2.24. The summed E-state index contributed by atoms with van der Waals surface area (Å²) in [6, 6.07) is 5.02. The van der Waals surface area contributed by atoms with Crippen molar-refractivity contribution in [1.29, 1.82) is 0 Å². The number of oxazole rings is 1. The molecule has 5 heteroatoms. The van der Waals surface area contributed by atoms with Crippen LogP contribution in [0.2, 0.25) is 0 Å². The standard InChI is InChI=1S/C13H14N2O3/c1-7-4-5-10(11(16)6-7)15-13(17)12-8(2)14-9(3)18-12/h4-6,16H,1-3H3,(H,15,17). The second-order valence-electron chi connectivity index (χ2n) is 4.12. The Bertz CT molecular complexity index is 602. The maximum atomic E-state index is 11.9. The van der Waals surface area contributed by atoms with E-state index in [1.165, 1.54) is 0 Å². The topological polar surface area (TPSA) is 75.4 Å². The van der Waals surface area contributed by atoms with Gasteiger partial charge in [-0.05, 0) is 31.5 Å². The lowest BCUT2D eigenvalue weighted by molar-refractivity contribution is 0.0994. The Hall–Kier alpha value is -2.30. The van der Waals surface area contributed by atoms with Crippen LogP contribution in [0.4, 0.5) is 5.69 Å². The number of carbonyl (C=O) groups is 1. The number of phenolic OH excluding ortho intramolecular Hbond substituents is 1. The quantitative estimate of drug-likeness (QED) is 0.798. The third-order valence-electron chi connectivity index (χ3n) is 2.51. The van der Waals surface area contributed by atoms with Crippen LogP contribution in [0.1, 0.15) is 27.7 Å². The second-order valence-corrected chi connectivity index (χ2v) is 4.12. The zero-order valence-corrected chi connectivity index (χ0v) is 10.4. The van der Waals surface area contributed by atoms with Gasteiger partial charge in [-0.1, -0.05) is 6.07 Å². The van der Waals surface area contributed by atoms with Gasteiger partial charge >= 0.3 is 0 Å². The van der Waals surface area contributed by atoms with E-state index in [0.29, 0.717) is 17.3 Å². The van der Waals surface area contributed by atoms with Gasteiger partial charge in [0.15, 0.2) is 5.89 Å². The van der Waals surface area contributed by atoms with Crippen molar-refractivity contribution < 1.29 is 14.3 Å². The predicted molar refractivity (Wildman–Crippen MR) is 66.8 cm³/mol. The van der Waals surface area contributed by atoms with Gasteiger partial charge in [0.05, 0.1) is 11.4 Å². The first kappa shape index (κ1) is 12.2. The van der Waals surface area contributed by atoms with E-state index < -0.39 is 5.91 Å². The number of phenols is 1. The molecular weight excluding hydrogens is 232 g/mol. The number of hydrogen-bond acceptors (Lipinski definition) is 4. The molecule has 94 valence electrons. The van der Waals surface area contributed by atoms with Crippen molar-refractivity contribution in [1.82, 2.24) is 4.98 Å². The molecule has 0 aliphatic rings. The Balaban J connectivity index is 2.24. The van der Waals surface area contributed by atoms with E-state index in [1.807, 2.05) is 6.92 Å². The maximum absolute atomic E-state index is 11.9. The predicted octanol–water partition coefficient (Wildman–Crippen LogP) is 2.56. The van der Waals surface area contributed by atoms with Crippen molar-refractivity contribution in [3.63, 3.8) is 0 Å². The average Bonchev–Trinajstić information content (AvgIpc) is 2.62. The van der Waals surface area contributed by atoms with Crippen LogP contribution in [0, 0.1) is 20.8 Å². The van der Waals surface area contributed by atoms with E-state index in [1.54, 1.807) is 32.0 Å². The molecule has 0 unspecified atom stereocenters. The van der Waals surface area contributed by atoms with Crippen LogP contribution < -0.4 is 5.32 Å². The molecule has 2 rings (SSSR count). The van der Waals surface area contributed by atoms with Gasteiger partial charge in [0.2, 0.25) is 5.76 Å². The van der Waals surface area contributed by atoms with Gasteiger partial charge in [0, 0.05) is 6.92 Å². The molecule has 0 bridgehead atoms. The summed E-state index contributed by atoms with van der Waals surface area (Å²) in [6.07, 6.45) is 0. The first-order chi connectivity index (χ1) is 8.47. The molecule has 1 aromatic heterocycles. The molecule has 0 spiro atoms. The number of hydrogen-bond donors (Lipinski definition) is 2. The smallest absolute Gasteiger partial charge is 0.293 e. The molecule has 1 aromatic carbocycles. The molecule has 1 amide bonds. The normalized spacial score (nSPS) is 10.4. The number of anilines is 1. The molecule has 1 heterocycles. The molecule has 18 heavy (non-hydrogen) atoms. The lowest BCUT2D eigenvalue weighted by atomic mass is 10.2. The molecule has 0 aliphatic carbocycles. The molecular formula is C13H14N2O3. The van der Waals surface area contributed by atoms with Gasteiger partial charge in [0.25, 0.3) is 5.91 Å². The first-order valence-corrected chi connectivity index (χ1v) is 5.52. The highest BCUT2D eigenvalue weighted by Gasteiger charge is 2.17. The largest absolute Gasteiger partial charge is 0.506 e. The fourth-order valence-electron chi connectivity index (χ4n) is 1.67. The number of carbonyl (C=O) groups excluding carboxylic acids is 1. The Kier molecular flexibility index (Phi) is 3.06. The Labute approximate surface area is 104 Å². The van der Waals surface area contributed by atoms with E-state index >= 15 is 0 Å². The summed E-state index contributed by atoms with van der Waals surface area (Å²) in [6.45, 7) is 5.23. The van der Waals surface area contributed by atoms with E-state index in [9.17, 15) is 9.90 Å². The number of nitrogens with zero attached hydrogens (tertiary/aromatic N) is 1. The first-order valence-electron chi connectivity index (χ1n) is 5.52. The number of nitrogens with one attached hydrogen (secondary N) is 1. The van der Waals surface area contributed by atoms with Crippen LogP contribution in [0.5, 0.6) is 5.75 Å². The van der Waals surface area contributed by atoms with Crippen molar-refractivity contribution in [2.24, 2.45) is 0 Å². The summed E-state index contributed by atoms with van der Waals surface area (Å²) in [5, 5.41) is 12.3. The van der Waals surface area contributed by atoms with Crippen LogP contribution in [-0.4, -0.2) is 16.0 Å². The van der Waals surface area contributed by atoms with E-state index in [-0.39, 0.29) is 11.5 Å². The van der Waals surface area contributed by atoms with Gasteiger partial charge in [0.1, 0.15) is 5.75 Å². The van der Waals surface area contributed by atoms with Crippen LogP contribution >= 0.6 is 0 Å². The SMILES string of the molecule is Cc1ccc(NC(=O)c2oc(C)nc2C)c(O)c1. The summed E-state index contributed by atoms with van der Waals surface area (Å²) in [7, 11) is 0. The number of aryl methyl sites for hydroxylation is 3. The van der Waals surface area contributed by atoms with Gasteiger partial charge in [-0.2, -0.15) is 0 Å². The van der Waals surface area contributed by atoms with E-state index in [4.69, 9.17) is 4.42 Å². The maximum Gasteiger partial charge on any atom is 0.293 e. The summed E-state index contributed by atoms with van der Waals surface area (Å²) in [5.74, 6) is 0.197. The molecule has 2 aromatic rings. The minimum Gasteiger partial charge on any atom is -0.506 e. The Morgan fingerprint density at radius 2 is 2.06 bits per heavy atom. The molecule has 5 nitrogen and oxygen atoms in total. The molecule has 0 saturated carbocycles. The summed E-state index contributed by atoms with van der Waals surface area (Å²) in [4.78, 5) is 15.9. The molecule has 0 fully saturated rings. The highest BCUT2D eigenvalue weighted by atomic mass is 16.4. The number of aromatic hydroxyl groups is 1. The third kappa shape index (κ3) is 2.34. The number of rotatable bonds is 2. The van der Waals surface area contributed by atoms with Gasteiger partial charge in [-0.25, -0.2) is 4.98 Å². The van der Waals surface area contributed by atoms with Crippen molar-refractivity contribution in [2.45, 2.75) is 20.8 Å². The van der Waals surface area contributed by atoms with Crippen LogP contribution in [0.3, 0.4) is 0 Å². The van der Waals surface area contributed by atoms with Crippen LogP contribution in [-0.2, 0) is 0 Å². The number of amides is 1. The Morgan fingerprint density at radius 1 is 1.33 bits per heavy atom. The van der Waals surface area contributed by atoms with E-state index in [2.05, 4.69) is 10.3 Å². The molecule has 0 atom stereocenters. The molecule has 2 N–H and O–H groups in total. The summed E-state index contributed by atoms with van der Waals surface area (Å²) in [5.41, 5.74) is 1.79. The number of aromatic nitrogens is 1. The zero-order chi connectivity index (χ0) is 13.3. The second kappa shape index (κ2) is 4.52. The van der Waals surface area contributed by atoms with Crippen molar-refractivity contribution >= 4 is 11.6 Å². The van der Waals surface area contributed by atoms with Gasteiger partial charge < -0.3 is 14.8 Å². The van der Waals surface area contributed by atoms with Crippen molar-refractivity contribution in [2.75, 3.05) is 5.32 Å². The molecule has 0 aliphatic heterocycles. The average molecular weight is 246 g/mol. The molecule has 0 saturated heterocycles. The van der Waals surface area contributed by atoms with Gasteiger partial charge in [-0.3, -0.25) is 4.79 Å². The van der Waals surface area contributed by atoms with Gasteiger partial charge in [-0.15, -0.1) is 0 Å². The minimum atomic E-state index is -0.424. The van der Waals surface area contributed by atoms with Crippen LogP contribution in [0.25, 0.3) is 0 Å². The van der Waals surface area contributed by atoms with Crippen molar-refractivity contribution in [3.8, 4) is 5.75 Å². The fourth-order valence-corrected chi connectivity index (χ4v) is 1.67. The van der Waals surface area contributed by atoms with Crippen molar-refractivity contribution in [3.05, 3.63) is 41.1 Å². The zero-order valence-electron chi connectivity index (χ0n) is 10.4. The minimum absolute atomic E-state index is 0.0252.